The monoisotopic (exact) mass is 275 g/mol. The van der Waals surface area contributed by atoms with E-state index in [1.54, 1.807) is 0 Å². The third-order valence-corrected chi connectivity index (χ3v) is 4.36. The molecule has 2 unspecified atom stereocenters. The van der Waals surface area contributed by atoms with Crippen LogP contribution in [0.15, 0.2) is 24.3 Å². The van der Waals surface area contributed by atoms with Gasteiger partial charge in [-0.2, -0.15) is 0 Å². The van der Waals surface area contributed by atoms with E-state index in [0.717, 1.165) is 25.8 Å². The minimum Gasteiger partial charge on any atom is -0.481 e. The van der Waals surface area contributed by atoms with Crippen LogP contribution in [0.1, 0.15) is 56.9 Å². The van der Waals surface area contributed by atoms with E-state index in [1.807, 2.05) is 0 Å². The van der Waals surface area contributed by atoms with E-state index in [0.29, 0.717) is 18.3 Å². The van der Waals surface area contributed by atoms with Crippen LogP contribution in [0.5, 0.6) is 0 Å². The molecule has 1 aliphatic rings. The molecular weight excluding hydrogens is 250 g/mol. The van der Waals surface area contributed by atoms with Gasteiger partial charge in [-0.25, -0.2) is 0 Å². The normalized spacial score (nSPS) is 18.9. The number of aliphatic carboxylic acids is 1. The first kappa shape index (κ1) is 14.9. The first-order chi connectivity index (χ1) is 9.72. The molecule has 110 valence electrons. The van der Waals surface area contributed by atoms with Gasteiger partial charge in [0.25, 0.3) is 0 Å². The summed E-state index contributed by atoms with van der Waals surface area (Å²) < 4.78 is 0. The summed E-state index contributed by atoms with van der Waals surface area (Å²) in [6.07, 6.45) is 5.72. The number of nitrogens with one attached hydrogen (secondary N) is 1. The Bertz CT molecular complexity index is 444. The molecule has 2 rings (SSSR count). The number of carbonyl (C=O) groups is 1. The average molecular weight is 275 g/mol. The zero-order valence-electron chi connectivity index (χ0n) is 12.3. The fourth-order valence-electron chi connectivity index (χ4n) is 3.31. The van der Waals surface area contributed by atoms with Gasteiger partial charge in [-0.15, -0.1) is 0 Å². The van der Waals surface area contributed by atoms with Gasteiger partial charge in [0.1, 0.15) is 0 Å². The molecule has 3 nitrogen and oxygen atoms in total. The Morgan fingerprint density at radius 3 is 2.95 bits per heavy atom. The number of benzene rings is 1. The van der Waals surface area contributed by atoms with Crippen molar-refractivity contribution >= 4 is 11.7 Å². The zero-order valence-corrected chi connectivity index (χ0v) is 12.3. The summed E-state index contributed by atoms with van der Waals surface area (Å²) in [5.41, 5.74) is 2.62. The number of carboxylic acids is 1. The first-order valence-electron chi connectivity index (χ1n) is 7.77. The lowest BCUT2D eigenvalue weighted by Crippen LogP contribution is -2.23. The van der Waals surface area contributed by atoms with Gasteiger partial charge in [0, 0.05) is 18.7 Å². The Morgan fingerprint density at radius 1 is 1.40 bits per heavy atom. The minimum absolute atomic E-state index is 0.292. The number of para-hydroxylation sites is 1. The number of rotatable bonds is 7. The molecule has 0 aliphatic carbocycles. The summed E-state index contributed by atoms with van der Waals surface area (Å²) in [7, 11) is 0. The molecule has 0 aromatic heterocycles. The van der Waals surface area contributed by atoms with Gasteiger partial charge in [0.05, 0.1) is 0 Å². The summed E-state index contributed by atoms with van der Waals surface area (Å²) in [5, 5.41) is 12.4. The highest BCUT2D eigenvalue weighted by atomic mass is 16.4. The largest absolute Gasteiger partial charge is 0.481 e. The van der Waals surface area contributed by atoms with Crippen LogP contribution in [-0.4, -0.2) is 17.6 Å². The SMILES string of the molecule is CCCCC(CCC(=O)O)C1CCNc2ccccc21. The molecule has 0 saturated heterocycles. The zero-order chi connectivity index (χ0) is 14.4. The van der Waals surface area contributed by atoms with E-state index in [9.17, 15) is 4.79 Å². The van der Waals surface area contributed by atoms with Gasteiger partial charge in [-0.05, 0) is 42.7 Å². The van der Waals surface area contributed by atoms with E-state index < -0.39 is 5.97 Å². The highest BCUT2D eigenvalue weighted by Crippen LogP contribution is 2.40. The van der Waals surface area contributed by atoms with E-state index in [-0.39, 0.29) is 0 Å². The van der Waals surface area contributed by atoms with Crippen LogP contribution >= 0.6 is 0 Å². The van der Waals surface area contributed by atoms with Crippen LogP contribution in [-0.2, 0) is 4.79 Å². The second-order valence-corrected chi connectivity index (χ2v) is 5.74. The number of fused-ring (bicyclic) bond motifs is 1. The molecule has 0 saturated carbocycles. The Labute approximate surface area is 121 Å². The fourth-order valence-corrected chi connectivity index (χ4v) is 3.31. The standard InChI is InChI=1S/C17H25NO2/c1-2-3-6-13(9-10-17(19)20)14-11-12-18-16-8-5-4-7-15(14)16/h4-5,7-8,13-14,18H,2-3,6,9-12H2,1H3,(H,19,20). The van der Waals surface area contributed by atoms with Gasteiger partial charge in [0.2, 0.25) is 0 Å². The predicted molar refractivity (Wildman–Crippen MR) is 82.2 cm³/mol. The number of hydrogen-bond acceptors (Lipinski definition) is 2. The molecule has 0 fully saturated rings. The van der Waals surface area contributed by atoms with E-state index in [4.69, 9.17) is 5.11 Å². The molecule has 1 aromatic carbocycles. The predicted octanol–water partition coefficient (Wildman–Crippen LogP) is 4.26. The van der Waals surface area contributed by atoms with Gasteiger partial charge in [0.15, 0.2) is 0 Å². The van der Waals surface area contributed by atoms with Gasteiger partial charge >= 0.3 is 5.97 Å². The van der Waals surface area contributed by atoms with Crippen molar-refractivity contribution in [1.29, 1.82) is 0 Å². The van der Waals surface area contributed by atoms with Crippen molar-refractivity contribution in [3.63, 3.8) is 0 Å². The number of carboxylic acid groups (broad SMARTS) is 1. The molecule has 3 heteroatoms. The summed E-state index contributed by atoms with van der Waals surface area (Å²) in [5.74, 6) is 0.335. The molecule has 1 aliphatic heterocycles. The number of anilines is 1. The van der Waals surface area contributed by atoms with Crippen molar-refractivity contribution < 1.29 is 9.90 Å². The first-order valence-corrected chi connectivity index (χ1v) is 7.77. The topological polar surface area (TPSA) is 49.3 Å². The quantitative estimate of drug-likeness (QED) is 0.781. The molecule has 20 heavy (non-hydrogen) atoms. The molecule has 2 atom stereocenters. The molecule has 0 amide bonds. The molecule has 1 aromatic rings. The minimum atomic E-state index is -0.672. The van der Waals surface area contributed by atoms with Crippen molar-refractivity contribution in [3.8, 4) is 0 Å². The van der Waals surface area contributed by atoms with Crippen molar-refractivity contribution in [1.82, 2.24) is 0 Å². The lowest BCUT2D eigenvalue weighted by Gasteiger charge is -2.33. The number of unbranched alkanes of at least 4 members (excludes halogenated alkanes) is 1. The third-order valence-electron chi connectivity index (χ3n) is 4.36. The smallest absolute Gasteiger partial charge is 0.303 e. The molecular formula is C17H25NO2. The van der Waals surface area contributed by atoms with Crippen molar-refractivity contribution in [2.45, 2.75) is 51.4 Å². The Kier molecular flexibility index (Phi) is 5.45. The average Bonchev–Trinajstić information content (AvgIpc) is 2.47. The van der Waals surface area contributed by atoms with Crippen LogP contribution in [0, 0.1) is 5.92 Å². The van der Waals surface area contributed by atoms with Crippen molar-refractivity contribution in [2.24, 2.45) is 5.92 Å². The van der Waals surface area contributed by atoms with Crippen LogP contribution in [0.3, 0.4) is 0 Å². The van der Waals surface area contributed by atoms with Crippen molar-refractivity contribution in [3.05, 3.63) is 29.8 Å². The lowest BCUT2D eigenvalue weighted by atomic mass is 9.76. The second-order valence-electron chi connectivity index (χ2n) is 5.74. The lowest BCUT2D eigenvalue weighted by molar-refractivity contribution is -0.137. The van der Waals surface area contributed by atoms with E-state index >= 15 is 0 Å². The second kappa shape index (κ2) is 7.32. The summed E-state index contributed by atoms with van der Waals surface area (Å²) in [6, 6.07) is 8.49. The molecule has 0 spiro atoms. The summed E-state index contributed by atoms with van der Waals surface area (Å²) in [6.45, 7) is 3.20. The Hall–Kier alpha value is -1.51. The maximum absolute atomic E-state index is 10.9. The highest BCUT2D eigenvalue weighted by molar-refractivity contribution is 5.66. The van der Waals surface area contributed by atoms with E-state index in [1.165, 1.54) is 24.1 Å². The van der Waals surface area contributed by atoms with Crippen LogP contribution in [0.25, 0.3) is 0 Å². The maximum atomic E-state index is 10.9. The molecule has 0 bridgehead atoms. The van der Waals surface area contributed by atoms with E-state index in [2.05, 4.69) is 36.5 Å². The Balaban J connectivity index is 2.13. The van der Waals surface area contributed by atoms with Crippen molar-refractivity contribution in [2.75, 3.05) is 11.9 Å². The maximum Gasteiger partial charge on any atom is 0.303 e. The van der Waals surface area contributed by atoms with Crippen LogP contribution < -0.4 is 5.32 Å². The van der Waals surface area contributed by atoms with Crippen LogP contribution in [0.4, 0.5) is 5.69 Å². The molecule has 0 radical (unpaired) electrons. The Morgan fingerprint density at radius 2 is 2.20 bits per heavy atom. The van der Waals surface area contributed by atoms with Crippen LogP contribution in [0.2, 0.25) is 0 Å². The molecule has 2 N–H and O–H groups in total. The summed E-state index contributed by atoms with van der Waals surface area (Å²) >= 11 is 0. The van der Waals surface area contributed by atoms with Gasteiger partial charge < -0.3 is 10.4 Å². The third kappa shape index (κ3) is 3.75. The number of hydrogen-bond donors (Lipinski definition) is 2. The van der Waals surface area contributed by atoms with Gasteiger partial charge in [-0.3, -0.25) is 4.79 Å². The molecule has 1 heterocycles. The highest BCUT2D eigenvalue weighted by Gasteiger charge is 2.27. The summed E-state index contributed by atoms with van der Waals surface area (Å²) in [4.78, 5) is 10.9. The fraction of sp³-hybridized carbons (Fsp3) is 0.588. The van der Waals surface area contributed by atoms with Gasteiger partial charge in [-0.1, -0.05) is 38.0 Å².